The van der Waals surface area contributed by atoms with Crippen molar-refractivity contribution in [3.63, 3.8) is 0 Å². The molecule has 0 aliphatic rings. The van der Waals surface area contributed by atoms with E-state index in [2.05, 4.69) is 0 Å². The van der Waals surface area contributed by atoms with Gasteiger partial charge in [0.05, 0.1) is 0 Å². The maximum atomic E-state index is 12.6. The number of carbonyl (C=O) groups is 1. The molecule has 0 aromatic heterocycles. The highest BCUT2D eigenvalue weighted by atomic mass is 16.3. The van der Waals surface area contributed by atoms with Gasteiger partial charge >= 0.3 is 0 Å². The van der Waals surface area contributed by atoms with E-state index in [0.29, 0.717) is 29.8 Å². The Morgan fingerprint density at radius 3 is 2.32 bits per heavy atom. The smallest absolute Gasteiger partial charge is 0.254 e. The van der Waals surface area contributed by atoms with Crippen LogP contribution in [0, 0.1) is 0 Å². The van der Waals surface area contributed by atoms with E-state index >= 15 is 0 Å². The molecule has 1 amide bonds. The van der Waals surface area contributed by atoms with Crippen LogP contribution in [0.15, 0.2) is 36.4 Å². The quantitative estimate of drug-likeness (QED) is 0.758. The molecule has 0 bridgehead atoms. The molecule has 116 valence electrons. The van der Waals surface area contributed by atoms with Gasteiger partial charge in [0.2, 0.25) is 0 Å². The second-order valence-corrected chi connectivity index (χ2v) is 4.88. The fraction of sp³-hybridized carbons (Fsp3) is 0.235. The molecule has 0 saturated carbocycles. The highest BCUT2D eigenvalue weighted by Crippen LogP contribution is 2.39. The zero-order valence-corrected chi connectivity index (χ0v) is 12.6. The van der Waals surface area contributed by atoms with Crippen LogP contribution in [-0.2, 0) is 0 Å². The normalized spacial score (nSPS) is 10.5. The van der Waals surface area contributed by atoms with Crippen molar-refractivity contribution in [2.45, 2.75) is 13.8 Å². The Morgan fingerprint density at radius 1 is 1.00 bits per heavy atom. The minimum atomic E-state index is -0.318. The summed E-state index contributed by atoms with van der Waals surface area (Å²) in [5.41, 5.74) is 1.04. The van der Waals surface area contributed by atoms with Crippen LogP contribution < -0.4 is 0 Å². The maximum absolute atomic E-state index is 12.6. The van der Waals surface area contributed by atoms with Crippen LogP contribution in [0.5, 0.6) is 17.2 Å². The molecule has 5 nitrogen and oxygen atoms in total. The second kappa shape index (κ2) is 6.39. The van der Waals surface area contributed by atoms with E-state index in [1.807, 2.05) is 13.8 Å². The van der Waals surface area contributed by atoms with Crippen molar-refractivity contribution in [2.75, 3.05) is 13.1 Å². The summed E-state index contributed by atoms with van der Waals surface area (Å²) in [5, 5.41) is 29.4. The van der Waals surface area contributed by atoms with Crippen LogP contribution in [0.4, 0.5) is 0 Å². The number of carbonyl (C=O) groups excluding carboxylic acids is 1. The van der Waals surface area contributed by atoms with E-state index in [1.54, 1.807) is 17.0 Å². The maximum Gasteiger partial charge on any atom is 0.254 e. The monoisotopic (exact) mass is 301 g/mol. The van der Waals surface area contributed by atoms with Gasteiger partial charge < -0.3 is 20.2 Å². The lowest BCUT2D eigenvalue weighted by atomic mass is 9.97. The predicted octanol–water partition coefficient (Wildman–Crippen LogP) is 2.95. The van der Waals surface area contributed by atoms with Gasteiger partial charge in [0, 0.05) is 29.8 Å². The van der Waals surface area contributed by atoms with E-state index < -0.39 is 0 Å². The van der Waals surface area contributed by atoms with Crippen LogP contribution in [0.3, 0.4) is 0 Å². The molecule has 0 radical (unpaired) electrons. The lowest BCUT2D eigenvalue weighted by Crippen LogP contribution is -2.30. The van der Waals surface area contributed by atoms with Gasteiger partial charge in [0.25, 0.3) is 5.91 Å². The average Bonchev–Trinajstić information content (AvgIpc) is 2.51. The third kappa shape index (κ3) is 2.83. The molecule has 2 aromatic carbocycles. The molecule has 0 unspecified atom stereocenters. The lowest BCUT2D eigenvalue weighted by Gasteiger charge is -2.21. The lowest BCUT2D eigenvalue weighted by molar-refractivity contribution is 0.0774. The molecule has 2 rings (SSSR count). The molecule has 0 aliphatic heterocycles. The number of amides is 1. The second-order valence-electron chi connectivity index (χ2n) is 4.88. The van der Waals surface area contributed by atoms with Crippen molar-refractivity contribution in [1.82, 2.24) is 4.90 Å². The third-order valence-corrected chi connectivity index (χ3v) is 3.59. The van der Waals surface area contributed by atoms with Gasteiger partial charge in [-0.2, -0.15) is 0 Å². The van der Waals surface area contributed by atoms with Crippen LogP contribution in [0.1, 0.15) is 24.2 Å². The number of phenols is 3. The summed E-state index contributed by atoms with van der Waals surface area (Å²) in [5.74, 6) is -0.805. The Labute approximate surface area is 129 Å². The van der Waals surface area contributed by atoms with E-state index in [1.165, 1.54) is 24.3 Å². The molecule has 0 spiro atoms. The number of para-hydroxylation sites is 1. The zero-order valence-electron chi connectivity index (χ0n) is 12.6. The largest absolute Gasteiger partial charge is 0.508 e. The Morgan fingerprint density at radius 2 is 1.68 bits per heavy atom. The van der Waals surface area contributed by atoms with E-state index in [4.69, 9.17) is 0 Å². The molecule has 0 fully saturated rings. The van der Waals surface area contributed by atoms with Gasteiger partial charge in [-0.1, -0.05) is 12.1 Å². The zero-order chi connectivity index (χ0) is 16.3. The molecular weight excluding hydrogens is 282 g/mol. The number of benzene rings is 2. The van der Waals surface area contributed by atoms with Crippen molar-refractivity contribution < 1.29 is 20.1 Å². The average molecular weight is 301 g/mol. The first kappa shape index (κ1) is 15.7. The van der Waals surface area contributed by atoms with Crippen LogP contribution >= 0.6 is 0 Å². The van der Waals surface area contributed by atoms with E-state index in [-0.39, 0.29) is 23.2 Å². The Kier molecular flexibility index (Phi) is 4.56. The van der Waals surface area contributed by atoms with Crippen molar-refractivity contribution in [3.05, 3.63) is 42.0 Å². The highest BCUT2D eigenvalue weighted by Gasteiger charge is 2.20. The third-order valence-electron chi connectivity index (χ3n) is 3.59. The minimum Gasteiger partial charge on any atom is -0.508 e. The van der Waals surface area contributed by atoms with Crippen LogP contribution in [0.2, 0.25) is 0 Å². The molecule has 0 heterocycles. The molecule has 2 aromatic rings. The van der Waals surface area contributed by atoms with Gasteiger partial charge in [0.1, 0.15) is 5.75 Å². The number of hydrogen-bond acceptors (Lipinski definition) is 4. The van der Waals surface area contributed by atoms with Crippen LogP contribution in [0.25, 0.3) is 11.1 Å². The van der Waals surface area contributed by atoms with Crippen molar-refractivity contribution >= 4 is 5.91 Å². The van der Waals surface area contributed by atoms with Gasteiger partial charge in [-0.15, -0.1) is 0 Å². The van der Waals surface area contributed by atoms with Gasteiger partial charge in [-0.25, -0.2) is 0 Å². The molecular formula is C17H19NO4. The SMILES string of the molecule is CCN(CC)C(=O)c1ccc(O)cc1-c1cccc(O)c1O. The summed E-state index contributed by atoms with van der Waals surface area (Å²) in [7, 11) is 0. The minimum absolute atomic E-state index is 0.0196. The fourth-order valence-corrected chi connectivity index (χ4v) is 2.37. The molecule has 0 atom stereocenters. The fourth-order valence-electron chi connectivity index (χ4n) is 2.37. The number of rotatable bonds is 4. The number of phenolic OH excluding ortho intramolecular Hbond substituents is 3. The topological polar surface area (TPSA) is 81.0 Å². The standard InChI is InChI=1S/C17H19NO4/c1-3-18(4-2)17(22)13-9-8-11(19)10-14(13)12-6-5-7-15(20)16(12)21/h5-10,19-21H,3-4H2,1-2H3. The summed E-state index contributed by atoms with van der Waals surface area (Å²) in [6.45, 7) is 4.88. The first-order chi connectivity index (χ1) is 10.5. The number of nitrogens with zero attached hydrogens (tertiary/aromatic N) is 1. The Hall–Kier alpha value is -2.69. The van der Waals surface area contributed by atoms with Gasteiger partial charge in [-0.05, 0) is 38.1 Å². The summed E-state index contributed by atoms with van der Waals surface area (Å²) in [4.78, 5) is 14.3. The van der Waals surface area contributed by atoms with Crippen molar-refractivity contribution in [2.24, 2.45) is 0 Å². The van der Waals surface area contributed by atoms with Gasteiger partial charge in [-0.3, -0.25) is 4.79 Å². The first-order valence-electron chi connectivity index (χ1n) is 7.13. The summed E-state index contributed by atoms with van der Waals surface area (Å²) < 4.78 is 0. The van der Waals surface area contributed by atoms with Crippen molar-refractivity contribution in [1.29, 1.82) is 0 Å². The van der Waals surface area contributed by atoms with Gasteiger partial charge in [0.15, 0.2) is 11.5 Å². The Balaban J connectivity index is 2.63. The summed E-state index contributed by atoms with van der Waals surface area (Å²) in [6, 6.07) is 8.87. The molecule has 3 N–H and O–H groups in total. The number of aromatic hydroxyl groups is 3. The summed E-state index contributed by atoms with van der Waals surface area (Å²) in [6.07, 6.45) is 0. The molecule has 0 saturated heterocycles. The van der Waals surface area contributed by atoms with Crippen LogP contribution in [-0.4, -0.2) is 39.2 Å². The highest BCUT2D eigenvalue weighted by molar-refractivity contribution is 6.02. The molecule has 22 heavy (non-hydrogen) atoms. The number of hydrogen-bond donors (Lipinski definition) is 3. The predicted molar refractivity (Wildman–Crippen MR) is 84.1 cm³/mol. The Bertz CT molecular complexity index is 693. The van der Waals surface area contributed by atoms with E-state index in [0.717, 1.165) is 0 Å². The summed E-state index contributed by atoms with van der Waals surface area (Å²) >= 11 is 0. The molecule has 5 heteroatoms. The van der Waals surface area contributed by atoms with E-state index in [9.17, 15) is 20.1 Å². The first-order valence-corrected chi connectivity index (χ1v) is 7.13. The van der Waals surface area contributed by atoms with Crippen molar-refractivity contribution in [3.8, 4) is 28.4 Å². The molecule has 0 aliphatic carbocycles.